The molecule has 6 nitrogen and oxygen atoms in total. The number of carbonyl (C=O) groups is 2. The van der Waals surface area contributed by atoms with Gasteiger partial charge in [0.25, 0.3) is 5.91 Å². The number of carbonyl (C=O) groups excluding carboxylic acids is 2. The van der Waals surface area contributed by atoms with Crippen LogP contribution in [0, 0.1) is 6.92 Å². The number of amides is 2. The fraction of sp³-hybridized carbons (Fsp3) is 0.167. The van der Waals surface area contributed by atoms with Gasteiger partial charge in [-0.3, -0.25) is 14.6 Å². The molecule has 36 heavy (non-hydrogen) atoms. The van der Waals surface area contributed by atoms with Crippen molar-refractivity contribution in [2.75, 3.05) is 23.9 Å². The molecule has 0 radical (unpaired) electrons. The number of rotatable bonds is 6. The van der Waals surface area contributed by atoms with Crippen molar-refractivity contribution in [2.45, 2.75) is 19.8 Å². The molecule has 1 aliphatic heterocycles. The van der Waals surface area contributed by atoms with Gasteiger partial charge in [-0.1, -0.05) is 36.4 Å². The van der Waals surface area contributed by atoms with Crippen LogP contribution in [0.3, 0.4) is 0 Å². The van der Waals surface area contributed by atoms with Crippen molar-refractivity contribution in [3.05, 3.63) is 107 Å². The van der Waals surface area contributed by atoms with Crippen LogP contribution in [0.25, 0.3) is 11.1 Å². The Balaban J connectivity index is 1.39. The quantitative estimate of drug-likeness (QED) is 0.401. The first-order valence-corrected chi connectivity index (χ1v) is 11.9. The van der Waals surface area contributed by atoms with E-state index in [0.29, 0.717) is 23.5 Å². The standard InChI is InChI=1S/C30H27N3O3/c1-20-16-25(29(27(17-20)36-2)21-8-4-3-5-9-21)30(35)32-24-11-12-26-22(18-24)13-15-33(26)28(34)19-23-10-6-7-14-31-23/h3-12,14,16-18H,13,15,19H2,1-2H3,(H,32,35). The molecule has 1 N–H and O–H groups in total. The van der Waals surface area contributed by atoms with Crippen molar-refractivity contribution >= 4 is 23.2 Å². The second-order valence-electron chi connectivity index (χ2n) is 8.85. The Morgan fingerprint density at radius 2 is 1.81 bits per heavy atom. The third-order valence-corrected chi connectivity index (χ3v) is 6.37. The van der Waals surface area contributed by atoms with Crippen molar-refractivity contribution in [2.24, 2.45) is 0 Å². The molecule has 0 saturated heterocycles. The number of nitrogens with zero attached hydrogens (tertiary/aromatic N) is 2. The zero-order valence-electron chi connectivity index (χ0n) is 20.3. The number of fused-ring (bicyclic) bond motifs is 1. The average Bonchev–Trinajstić information content (AvgIpc) is 3.32. The minimum atomic E-state index is -0.211. The fourth-order valence-corrected chi connectivity index (χ4v) is 4.69. The number of hydrogen-bond donors (Lipinski definition) is 1. The van der Waals surface area contributed by atoms with Crippen molar-refractivity contribution in [3.8, 4) is 16.9 Å². The molecular formula is C30H27N3O3. The van der Waals surface area contributed by atoms with Crippen LogP contribution in [-0.2, 0) is 17.6 Å². The molecular weight excluding hydrogens is 450 g/mol. The highest BCUT2D eigenvalue weighted by Gasteiger charge is 2.26. The smallest absolute Gasteiger partial charge is 0.256 e. The first-order valence-electron chi connectivity index (χ1n) is 11.9. The summed E-state index contributed by atoms with van der Waals surface area (Å²) in [6.07, 6.45) is 2.69. The molecule has 2 amide bonds. The van der Waals surface area contributed by atoms with Gasteiger partial charge in [-0.2, -0.15) is 0 Å². The van der Waals surface area contributed by atoms with Gasteiger partial charge in [0.1, 0.15) is 5.75 Å². The number of nitrogens with one attached hydrogen (secondary N) is 1. The molecule has 1 aliphatic rings. The van der Waals surface area contributed by atoms with Crippen LogP contribution in [0.4, 0.5) is 11.4 Å². The van der Waals surface area contributed by atoms with Crippen LogP contribution in [0.1, 0.15) is 27.2 Å². The summed E-state index contributed by atoms with van der Waals surface area (Å²) in [6, 6.07) is 24.9. The van der Waals surface area contributed by atoms with E-state index in [4.69, 9.17) is 4.74 Å². The lowest BCUT2D eigenvalue weighted by atomic mass is 9.96. The lowest BCUT2D eigenvalue weighted by Gasteiger charge is -2.18. The number of benzene rings is 3. The van der Waals surface area contributed by atoms with Gasteiger partial charge in [-0.25, -0.2) is 0 Å². The lowest BCUT2D eigenvalue weighted by Crippen LogP contribution is -2.30. The van der Waals surface area contributed by atoms with Gasteiger partial charge in [-0.05, 0) is 72.5 Å². The van der Waals surface area contributed by atoms with E-state index in [0.717, 1.165) is 40.1 Å². The predicted molar refractivity (Wildman–Crippen MR) is 142 cm³/mol. The number of methoxy groups -OCH3 is 1. The molecule has 0 unspecified atom stereocenters. The van der Waals surface area contributed by atoms with Gasteiger partial charge in [0.2, 0.25) is 5.91 Å². The summed E-state index contributed by atoms with van der Waals surface area (Å²) in [7, 11) is 1.62. The first kappa shape index (κ1) is 23.3. The van der Waals surface area contributed by atoms with E-state index in [2.05, 4.69) is 10.3 Å². The SMILES string of the molecule is COc1cc(C)cc(C(=O)Nc2ccc3c(c2)CCN3C(=O)Cc2ccccn2)c1-c1ccccc1. The fourth-order valence-electron chi connectivity index (χ4n) is 4.69. The van der Waals surface area contributed by atoms with Crippen molar-refractivity contribution < 1.29 is 14.3 Å². The second kappa shape index (κ2) is 10.0. The highest BCUT2D eigenvalue weighted by Crippen LogP contribution is 2.36. The van der Waals surface area contributed by atoms with Crippen molar-refractivity contribution in [1.29, 1.82) is 0 Å². The monoisotopic (exact) mass is 477 g/mol. The van der Waals surface area contributed by atoms with Gasteiger partial charge in [0.15, 0.2) is 0 Å². The average molecular weight is 478 g/mol. The summed E-state index contributed by atoms with van der Waals surface area (Å²) in [5.41, 5.74) is 6.52. The number of pyridine rings is 1. The number of aryl methyl sites for hydroxylation is 1. The zero-order valence-corrected chi connectivity index (χ0v) is 20.3. The summed E-state index contributed by atoms with van der Waals surface area (Å²) >= 11 is 0. The van der Waals surface area contributed by atoms with E-state index in [-0.39, 0.29) is 18.2 Å². The molecule has 5 rings (SSSR count). The highest BCUT2D eigenvalue weighted by atomic mass is 16.5. The normalized spacial score (nSPS) is 12.2. The molecule has 3 aromatic carbocycles. The highest BCUT2D eigenvalue weighted by molar-refractivity contribution is 6.10. The molecule has 6 heteroatoms. The van der Waals surface area contributed by atoms with Gasteiger partial charge in [-0.15, -0.1) is 0 Å². The topological polar surface area (TPSA) is 71.5 Å². The van der Waals surface area contributed by atoms with E-state index in [1.54, 1.807) is 18.2 Å². The summed E-state index contributed by atoms with van der Waals surface area (Å²) < 4.78 is 5.64. The van der Waals surface area contributed by atoms with Crippen LogP contribution in [0.2, 0.25) is 0 Å². The van der Waals surface area contributed by atoms with Crippen LogP contribution in [0.15, 0.2) is 85.1 Å². The third kappa shape index (κ3) is 4.70. The summed E-state index contributed by atoms with van der Waals surface area (Å²) in [5, 5.41) is 3.05. The molecule has 4 aromatic rings. The Morgan fingerprint density at radius 3 is 2.56 bits per heavy atom. The summed E-state index contributed by atoms with van der Waals surface area (Å²) in [6.45, 7) is 2.56. The van der Waals surface area contributed by atoms with Crippen LogP contribution in [0.5, 0.6) is 5.75 Å². The Labute approximate surface area is 210 Å². The predicted octanol–water partition coefficient (Wildman–Crippen LogP) is 5.45. The van der Waals surface area contributed by atoms with Crippen LogP contribution in [-0.4, -0.2) is 30.5 Å². The molecule has 180 valence electrons. The van der Waals surface area contributed by atoms with Crippen molar-refractivity contribution in [3.63, 3.8) is 0 Å². The minimum Gasteiger partial charge on any atom is -0.496 e. The second-order valence-corrected chi connectivity index (χ2v) is 8.85. The maximum Gasteiger partial charge on any atom is 0.256 e. The molecule has 0 bridgehead atoms. The number of ether oxygens (including phenoxy) is 1. The Bertz CT molecular complexity index is 1420. The molecule has 0 atom stereocenters. The third-order valence-electron chi connectivity index (χ3n) is 6.37. The lowest BCUT2D eigenvalue weighted by molar-refractivity contribution is -0.117. The van der Waals surface area contributed by atoms with Gasteiger partial charge < -0.3 is 15.0 Å². The van der Waals surface area contributed by atoms with Crippen molar-refractivity contribution in [1.82, 2.24) is 4.98 Å². The molecule has 0 spiro atoms. The summed E-state index contributed by atoms with van der Waals surface area (Å²) in [4.78, 5) is 32.4. The largest absolute Gasteiger partial charge is 0.496 e. The maximum absolute atomic E-state index is 13.5. The molecule has 0 aliphatic carbocycles. The Kier molecular flexibility index (Phi) is 6.50. The maximum atomic E-state index is 13.5. The van der Waals surface area contributed by atoms with E-state index in [9.17, 15) is 9.59 Å². The Morgan fingerprint density at radius 1 is 1.00 bits per heavy atom. The van der Waals surface area contributed by atoms with Gasteiger partial charge in [0.05, 0.1) is 19.1 Å². The van der Waals surface area contributed by atoms with E-state index < -0.39 is 0 Å². The number of aromatic nitrogens is 1. The molecule has 1 aromatic heterocycles. The summed E-state index contributed by atoms with van der Waals surface area (Å²) in [5.74, 6) is 0.461. The van der Waals surface area contributed by atoms with E-state index in [1.165, 1.54) is 0 Å². The van der Waals surface area contributed by atoms with Crippen LogP contribution >= 0.6 is 0 Å². The minimum absolute atomic E-state index is 0.0172. The number of hydrogen-bond acceptors (Lipinski definition) is 4. The zero-order chi connectivity index (χ0) is 25.1. The first-order chi connectivity index (χ1) is 17.5. The Hall–Kier alpha value is -4.45. The number of anilines is 2. The van der Waals surface area contributed by atoms with E-state index in [1.807, 2.05) is 85.8 Å². The molecule has 0 saturated carbocycles. The van der Waals surface area contributed by atoms with Gasteiger partial charge >= 0.3 is 0 Å². The van der Waals surface area contributed by atoms with Crippen LogP contribution < -0.4 is 15.0 Å². The molecule has 2 heterocycles. The van der Waals surface area contributed by atoms with Gasteiger partial charge in [0, 0.05) is 35.4 Å². The molecule has 0 fully saturated rings. The van der Waals surface area contributed by atoms with E-state index >= 15 is 0 Å².